The van der Waals surface area contributed by atoms with Gasteiger partial charge in [-0.15, -0.1) is 24.8 Å². The molecule has 1 aromatic carbocycles. The van der Waals surface area contributed by atoms with E-state index in [4.69, 9.17) is 0 Å². The minimum Gasteiger partial charge on any atom is -0.392 e. The van der Waals surface area contributed by atoms with Crippen molar-refractivity contribution in [3.8, 4) is 0 Å². The molecule has 160 valence electrons. The molecule has 0 spiro atoms. The number of aliphatic hydroxyl groups is 1. The van der Waals surface area contributed by atoms with Crippen molar-refractivity contribution in [1.29, 1.82) is 0 Å². The standard InChI is InChI=1S/C18H24F3N3O2.2ClH/c19-18(20,21)14-4-2-13(3-5-14)12-23-6-1-7-24(9-8-23)17(26)16-10-15(25)11-22-16;;/h2-5,15-16,22,25H,1,6-12H2;2*1H. The van der Waals surface area contributed by atoms with E-state index >= 15 is 0 Å². The molecule has 5 nitrogen and oxygen atoms in total. The maximum absolute atomic E-state index is 12.6. The Morgan fingerprint density at radius 3 is 2.36 bits per heavy atom. The van der Waals surface area contributed by atoms with E-state index in [2.05, 4.69) is 10.2 Å². The minimum absolute atomic E-state index is 0. The van der Waals surface area contributed by atoms with Crippen molar-refractivity contribution in [1.82, 2.24) is 15.1 Å². The number of β-amino-alcohol motifs (C(OH)–C–C–N with tert-alkyl or cyclic N) is 1. The second-order valence-electron chi connectivity index (χ2n) is 7.00. The predicted octanol–water partition coefficient (Wildman–Crippen LogP) is 2.31. The molecular formula is C18H26Cl2F3N3O2. The average molecular weight is 444 g/mol. The molecule has 2 heterocycles. The highest BCUT2D eigenvalue weighted by Crippen LogP contribution is 2.29. The quantitative estimate of drug-likeness (QED) is 0.752. The number of alkyl halides is 3. The Labute approximate surface area is 175 Å². The Bertz CT molecular complexity index is 631. The zero-order chi connectivity index (χ0) is 18.7. The Morgan fingerprint density at radius 1 is 1.11 bits per heavy atom. The lowest BCUT2D eigenvalue weighted by Crippen LogP contribution is -2.45. The zero-order valence-electron chi connectivity index (χ0n) is 15.3. The summed E-state index contributed by atoms with van der Waals surface area (Å²) in [5, 5.41) is 12.6. The zero-order valence-corrected chi connectivity index (χ0v) is 17.0. The van der Waals surface area contributed by atoms with Crippen molar-refractivity contribution in [3.05, 3.63) is 35.4 Å². The van der Waals surface area contributed by atoms with E-state index in [9.17, 15) is 23.1 Å². The van der Waals surface area contributed by atoms with Gasteiger partial charge in [-0.05, 0) is 30.5 Å². The molecule has 2 fully saturated rings. The molecule has 2 unspecified atom stereocenters. The van der Waals surface area contributed by atoms with E-state index < -0.39 is 17.8 Å². The molecule has 28 heavy (non-hydrogen) atoms. The SMILES string of the molecule is Cl.Cl.O=C(C1CC(O)CN1)N1CCCN(Cc2ccc(C(F)(F)F)cc2)CC1. The number of amides is 1. The van der Waals surface area contributed by atoms with Crippen molar-refractivity contribution in [2.45, 2.75) is 37.7 Å². The maximum atomic E-state index is 12.6. The first-order chi connectivity index (χ1) is 12.3. The summed E-state index contributed by atoms with van der Waals surface area (Å²) in [6, 6.07) is 4.94. The molecule has 2 aliphatic heterocycles. The molecule has 0 saturated carbocycles. The van der Waals surface area contributed by atoms with Crippen molar-refractivity contribution in [2.24, 2.45) is 0 Å². The fourth-order valence-corrected chi connectivity index (χ4v) is 3.53. The third-order valence-electron chi connectivity index (χ3n) is 4.99. The van der Waals surface area contributed by atoms with Crippen LogP contribution in [0.15, 0.2) is 24.3 Å². The lowest BCUT2D eigenvalue weighted by atomic mass is 10.1. The number of hydrogen-bond donors (Lipinski definition) is 2. The average Bonchev–Trinajstić information content (AvgIpc) is 2.89. The lowest BCUT2D eigenvalue weighted by molar-refractivity contribution is -0.137. The first-order valence-electron chi connectivity index (χ1n) is 8.91. The summed E-state index contributed by atoms with van der Waals surface area (Å²) in [5.74, 6) is 0.0259. The molecule has 2 saturated heterocycles. The van der Waals surface area contributed by atoms with E-state index in [0.29, 0.717) is 39.1 Å². The Balaban J connectivity index is 0.00000196. The van der Waals surface area contributed by atoms with Gasteiger partial charge < -0.3 is 15.3 Å². The van der Waals surface area contributed by atoms with Crippen LogP contribution in [0.3, 0.4) is 0 Å². The van der Waals surface area contributed by atoms with Gasteiger partial charge in [0.1, 0.15) is 0 Å². The van der Waals surface area contributed by atoms with Gasteiger partial charge in [-0.1, -0.05) is 12.1 Å². The van der Waals surface area contributed by atoms with Gasteiger partial charge >= 0.3 is 6.18 Å². The molecule has 0 aromatic heterocycles. The van der Waals surface area contributed by atoms with Crippen LogP contribution in [0.4, 0.5) is 13.2 Å². The molecule has 10 heteroatoms. The van der Waals surface area contributed by atoms with Crippen molar-refractivity contribution < 1.29 is 23.1 Å². The van der Waals surface area contributed by atoms with Gasteiger partial charge in [0, 0.05) is 39.3 Å². The van der Waals surface area contributed by atoms with E-state index in [0.717, 1.165) is 30.7 Å². The number of aliphatic hydroxyl groups excluding tert-OH is 1. The summed E-state index contributed by atoms with van der Waals surface area (Å²) in [4.78, 5) is 16.5. The van der Waals surface area contributed by atoms with Gasteiger partial charge in [0.05, 0.1) is 17.7 Å². The summed E-state index contributed by atoms with van der Waals surface area (Å²) < 4.78 is 37.9. The fraction of sp³-hybridized carbons (Fsp3) is 0.611. The van der Waals surface area contributed by atoms with E-state index in [1.807, 2.05) is 4.90 Å². The summed E-state index contributed by atoms with van der Waals surface area (Å²) in [6.07, 6.45) is -3.51. The van der Waals surface area contributed by atoms with Crippen LogP contribution in [0.1, 0.15) is 24.0 Å². The number of halogens is 5. The van der Waals surface area contributed by atoms with Gasteiger partial charge in [0.2, 0.25) is 5.91 Å². The van der Waals surface area contributed by atoms with Gasteiger partial charge in [0.25, 0.3) is 0 Å². The highest BCUT2D eigenvalue weighted by atomic mass is 35.5. The van der Waals surface area contributed by atoms with Gasteiger partial charge in [-0.2, -0.15) is 13.2 Å². The molecule has 2 N–H and O–H groups in total. The lowest BCUT2D eigenvalue weighted by Gasteiger charge is -2.24. The summed E-state index contributed by atoms with van der Waals surface area (Å²) in [6.45, 7) is 3.75. The summed E-state index contributed by atoms with van der Waals surface area (Å²) >= 11 is 0. The number of hydrogen-bond acceptors (Lipinski definition) is 4. The second-order valence-corrected chi connectivity index (χ2v) is 7.00. The monoisotopic (exact) mass is 443 g/mol. The molecule has 1 amide bonds. The van der Waals surface area contributed by atoms with Gasteiger partial charge in [0.15, 0.2) is 0 Å². The Hall–Kier alpha value is -1.06. The number of benzene rings is 1. The van der Waals surface area contributed by atoms with Crippen LogP contribution >= 0.6 is 24.8 Å². The summed E-state index contributed by atoms with van der Waals surface area (Å²) in [7, 11) is 0. The molecule has 3 rings (SSSR count). The molecule has 2 aliphatic rings. The van der Waals surface area contributed by atoms with Crippen LogP contribution < -0.4 is 5.32 Å². The first kappa shape index (κ1) is 25.0. The van der Waals surface area contributed by atoms with Crippen LogP contribution in [-0.4, -0.2) is 65.7 Å². The van der Waals surface area contributed by atoms with Crippen LogP contribution in [0, 0.1) is 0 Å². The predicted molar refractivity (Wildman–Crippen MR) is 105 cm³/mol. The number of nitrogens with zero attached hydrogens (tertiary/aromatic N) is 2. The minimum atomic E-state index is -4.32. The van der Waals surface area contributed by atoms with Crippen LogP contribution in [0.5, 0.6) is 0 Å². The van der Waals surface area contributed by atoms with Crippen LogP contribution in [-0.2, 0) is 17.5 Å². The van der Waals surface area contributed by atoms with Crippen molar-refractivity contribution in [2.75, 3.05) is 32.7 Å². The molecule has 0 aliphatic carbocycles. The van der Waals surface area contributed by atoms with Crippen molar-refractivity contribution >= 4 is 30.7 Å². The first-order valence-corrected chi connectivity index (χ1v) is 8.91. The van der Waals surface area contributed by atoms with Crippen LogP contribution in [0.25, 0.3) is 0 Å². The summed E-state index contributed by atoms with van der Waals surface area (Å²) in [5.41, 5.74) is 0.193. The highest BCUT2D eigenvalue weighted by molar-refractivity contribution is 5.85. The Morgan fingerprint density at radius 2 is 1.79 bits per heavy atom. The Kier molecular flexibility index (Phi) is 9.49. The fourth-order valence-electron chi connectivity index (χ4n) is 3.53. The molecular weight excluding hydrogens is 418 g/mol. The smallest absolute Gasteiger partial charge is 0.392 e. The maximum Gasteiger partial charge on any atom is 0.416 e. The third kappa shape index (κ3) is 6.49. The van der Waals surface area contributed by atoms with Crippen LogP contribution in [0.2, 0.25) is 0 Å². The highest BCUT2D eigenvalue weighted by Gasteiger charge is 2.32. The molecule has 1 aromatic rings. The van der Waals surface area contributed by atoms with Gasteiger partial charge in [-0.3, -0.25) is 9.69 Å². The normalized spacial score (nSPS) is 23.5. The molecule has 0 bridgehead atoms. The number of carbonyl (C=O) groups excluding carboxylic acids is 1. The molecule has 0 radical (unpaired) electrons. The third-order valence-corrected chi connectivity index (χ3v) is 4.99. The number of carbonyl (C=O) groups is 1. The number of rotatable bonds is 3. The van der Waals surface area contributed by atoms with Crippen molar-refractivity contribution in [3.63, 3.8) is 0 Å². The van der Waals surface area contributed by atoms with Gasteiger partial charge in [-0.25, -0.2) is 0 Å². The topological polar surface area (TPSA) is 55.8 Å². The largest absolute Gasteiger partial charge is 0.416 e. The second kappa shape index (κ2) is 10.6. The van der Waals surface area contributed by atoms with E-state index in [1.54, 1.807) is 0 Å². The van der Waals surface area contributed by atoms with E-state index in [1.165, 1.54) is 12.1 Å². The number of nitrogens with one attached hydrogen (secondary N) is 1. The molecule has 2 atom stereocenters. The van der Waals surface area contributed by atoms with E-state index in [-0.39, 0.29) is 36.8 Å².